The van der Waals surface area contributed by atoms with Gasteiger partial charge in [0.1, 0.15) is 5.75 Å². The summed E-state index contributed by atoms with van der Waals surface area (Å²) in [5, 5.41) is 8.88. The van der Waals surface area contributed by atoms with Gasteiger partial charge in [0, 0.05) is 12.2 Å². The third-order valence-corrected chi connectivity index (χ3v) is 4.37. The third kappa shape index (κ3) is 3.75. The average Bonchev–Trinajstić information content (AvgIpc) is 2.53. The highest BCUT2D eigenvalue weighted by Gasteiger charge is 2.15. The Hall–Kier alpha value is -2.56. The number of methoxy groups -OCH3 is 1. The number of hydrogen-bond donors (Lipinski definition) is 2. The third-order valence-electron chi connectivity index (χ3n) is 2.99. The van der Waals surface area contributed by atoms with Crippen molar-refractivity contribution in [2.75, 3.05) is 12.8 Å². The van der Waals surface area contributed by atoms with E-state index in [1.54, 1.807) is 31.4 Å². The van der Waals surface area contributed by atoms with Crippen molar-refractivity contribution in [3.8, 4) is 11.8 Å². The molecule has 6 nitrogen and oxygen atoms in total. The molecule has 0 unspecified atom stereocenters. The van der Waals surface area contributed by atoms with Crippen molar-refractivity contribution in [1.82, 2.24) is 4.72 Å². The fourth-order valence-electron chi connectivity index (χ4n) is 1.85. The number of nitrogens with two attached hydrogens (primary N) is 1. The topological polar surface area (TPSA) is 105 Å². The van der Waals surface area contributed by atoms with Crippen LogP contribution in [0.25, 0.3) is 0 Å². The van der Waals surface area contributed by atoms with Crippen LogP contribution in [-0.4, -0.2) is 15.5 Å². The Morgan fingerprint density at radius 2 is 1.91 bits per heavy atom. The predicted octanol–water partition coefficient (Wildman–Crippen LogP) is 1.63. The number of nitrogens with zero attached hydrogens (tertiary/aromatic N) is 1. The van der Waals surface area contributed by atoms with Crippen LogP contribution in [0.4, 0.5) is 5.69 Å². The molecule has 0 spiro atoms. The number of hydrogen-bond acceptors (Lipinski definition) is 5. The number of ether oxygens (including phenoxy) is 1. The van der Waals surface area contributed by atoms with Gasteiger partial charge in [0.25, 0.3) is 0 Å². The predicted molar refractivity (Wildman–Crippen MR) is 82.6 cm³/mol. The summed E-state index contributed by atoms with van der Waals surface area (Å²) < 4.78 is 32.0. The summed E-state index contributed by atoms with van der Waals surface area (Å²) in [6, 6.07) is 12.9. The Morgan fingerprint density at radius 1 is 1.23 bits per heavy atom. The molecule has 2 aromatic rings. The first kappa shape index (κ1) is 15.8. The first-order valence-electron chi connectivity index (χ1n) is 6.38. The Balaban J connectivity index is 2.17. The van der Waals surface area contributed by atoms with Crippen LogP contribution in [0, 0.1) is 11.3 Å². The van der Waals surface area contributed by atoms with Gasteiger partial charge in [0.2, 0.25) is 10.0 Å². The molecular formula is C15H15N3O3S. The molecule has 0 heterocycles. The molecule has 0 aliphatic heterocycles. The lowest BCUT2D eigenvalue weighted by molar-refractivity contribution is 0.414. The summed E-state index contributed by atoms with van der Waals surface area (Å²) in [4.78, 5) is -0.0300. The Bertz CT molecular complexity index is 809. The summed E-state index contributed by atoms with van der Waals surface area (Å²) >= 11 is 0. The molecule has 0 bridgehead atoms. The monoisotopic (exact) mass is 317 g/mol. The van der Waals surface area contributed by atoms with Gasteiger partial charge >= 0.3 is 0 Å². The molecule has 2 rings (SSSR count). The second-order valence-electron chi connectivity index (χ2n) is 4.58. The summed E-state index contributed by atoms with van der Waals surface area (Å²) in [6.45, 7) is 0.128. The van der Waals surface area contributed by atoms with Crippen LogP contribution in [0.15, 0.2) is 47.4 Å². The lowest BCUT2D eigenvalue weighted by atomic mass is 10.2. The number of anilines is 1. The molecule has 114 valence electrons. The minimum atomic E-state index is -3.74. The maximum Gasteiger partial charge on any atom is 0.240 e. The van der Waals surface area contributed by atoms with Crippen LogP contribution in [0.5, 0.6) is 5.75 Å². The smallest absolute Gasteiger partial charge is 0.240 e. The molecule has 7 heteroatoms. The van der Waals surface area contributed by atoms with Gasteiger partial charge < -0.3 is 10.5 Å². The fraction of sp³-hybridized carbons (Fsp3) is 0.133. The second-order valence-corrected chi connectivity index (χ2v) is 6.34. The number of benzene rings is 2. The highest BCUT2D eigenvalue weighted by Crippen LogP contribution is 2.17. The molecule has 0 radical (unpaired) electrons. The highest BCUT2D eigenvalue weighted by atomic mass is 32.2. The van der Waals surface area contributed by atoms with E-state index in [9.17, 15) is 8.42 Å². The van der Waals surface area contributed by atoms with Crippen molar-refractivity contribution < 1.29 is 13.2 Å². The summed E-state index contributed by atoms with van der Waals surface area (Å²) in [5.41, 5.74) is 6.82. The Labute approximate surface area is 129 Å². The molecule has 0 saturated heterocycles. The van der Waals surface area contributed by atoms with Crippen molar-refractivity contribution in [2.45, 2.75) is 11.4 Å². The van der Waals surface area contributed by atoms with Gasteiger partial charge in [-0.3, -0.25) is 0 Å². The fourth-order valence-corrected chi connectivity index (χ4v) is 2.94. The lowest BCUT2D eigenvalue weighted by Gasteiger charge is -2.08. The van der Waals surface area contributed by atoms with Gasteiger partial charge in [-0.2, -0.15) is 5.26 Å². The standard InChI is InChI=1S/C15H15N3O3S/c1-21-14-4-2-11(3-5-14)10-18-22(19,20)15-7-12(9-16)6-13(17)8-15/h2-8,18H,10,17H2,1H3. The number of sulfonamides is 1. The van der Waals surface area contributed by atoms with Gasteiger partial charge in [-0.05, 0) is 35.9 Å². The summed E-state index contributed by atoms with van der Waals surface area (Å²) in [6.07, 6.45) is 0. The van der Waals surface area contributed by atoms with E-state index in [4.69, 9.17) is 15.7 Å². The van der Waals surface area contributed by atoms with Crippen molar-refractivity contribution in [2.24, 2.45) is 0 Å². The maximum absolute atomic E-state index is 12.2. The first-order chi connectivity index (χ1) is 10.4. The van der Waals surface area contributed by atoms with Gasteiger partial charge in [-0.25, -0.2) is 13.1 Å². The molecule has 0 amide bonds. The summed E-state index contributed by atoms with van der Waals surface area (Å²) in [5.74, 6) is 0.695. The zero-order valence-corrected chi connectivity index (χ0v) is 12.7. The van der Waals surface area contributed by atoms with Gasteiger partial charge in [0.05, 0.1) is 23.6 Å². The molecule has 0 aliphatic rings. The van der Waals surface area contributed by atoms with Crippen molar-refractivity contribution in [1.29, 1.82) is 5.26 Å². The molecule has 22 heavy (non-hydrogen) atoms. The minimum Gasteiger partial charge on any atom is -0.497 e. The molecule has 0 aromatic heterocycles. The SMILES string of the molecule is COc1ccc(CNS(=O)(=O)c2cc(N)cc(C#N)c2)cc1. The van der Waals surface area contributed by atoms with Crippen LogP contribution < -0.4 is 15.2 Å². The summed E-state index contributed by atoms with van der Waals surface area (Å²) in [7, 11) is -2.18. The van der Waals surface area contributed by atoms with Crippen molar-refractivity contribution in [3.05, 3.63) is 53.6 Å². The molecule has 0 fully saturated rings. The Kier molecular flexibility index (Phi) is 4.65. The van der Waals surface area contributed by atoms with E-state index in [1.165, 1.54) is 18.2 Å². The lowest BCUT2D eigenvalue weighted by Crippen LogP contribution is -2.23. The van der Waals surface area contributed by atoms with Crippen molar-refractivity contribution >= 4 is 15.7 Å². The van der Waals surface area contributed by atoms with Crippen LogP contribution in [0.1, 0.15) is 11.1 Å². The van der Waals surface area contributed by atoms with Crippen LogP contribution in [-0.2, 0) is 16.6 Å². The molecular weight excluding hydrogens is 302 g/mol. The van der Waals surface area contributed by atoms with E-state index < -0.39 is 10.0 Å². The van der Waals surface area contributed by atoms with Gasteiger partial charge in [0.15, 0.2) is 0 Å². The van der Waals surface area contributed by atoms with Gasteiger partial charge in [-0.15, -0.1) is 0 Å². The molecule has 3 N–H and O–H groups in total. The first-order valence-corrected chi connectivity index (χ1v) is 7.86. The number of nitrogen functional groups attached to an aromatic ring is 1. The zero-order valence-electron chi connectivity index (χ0n) is 11.9. The van der Waals surface area contributed by atoms with Gasteiger partial charge in [-0.1, -0.05) is 12.1 Å². The molecule has 0 aliphatic carbocycles. The van der Waals surface area contributed by atoms with E-state index in [0.29, 0.717) is 5.75 Å². The van der Waals surface area contributed by atoms with E-state index in [-0.39, 0.29) is 22.7 Å². The van der Waals surface area contributed by atoms with Crippen LogP contribution >= 0.6 is 0 Å². The molecule has 0 saturated carbocycles. The van der Waals surface area contributed by atoms with E-state index >= 15 is 0 Å². The second kappa shape index (κ2) is 6.47. The van der Waals surface area contributed by atoms with E-state index in [2.05, 4.69) is 4.72 Å². The number of nitriles is 1. The highest BCUT2D eigenvalue weighted by molar-refractivity contribution is 7.89. The quantitative estimate of drug-likeness (QED) is 0.815. The Morgan fingerprint density at radius 3 is 2.50 bits per heavy atom. The van der Waals surface area contributed by atoms with Crippen LogP contribution in [0.3, 0.4) is 0 Å². The number of rotatable bonds is 5. The largest absolute Gasteiger partial charge is 0.497 e. The molecule has 2 aromatic carbocycles. The maximum atomic E-state index is 12.2. The normalized spacial score (nSPS) is 10.9. The van der Waals surface area contributed by atoms with Crippen LogP contribution in [0.2, 0.25) is 0 Å². The van der Waals surface area contributed by atoms with E-state index in [0.717, 1.165) is 5.56 Å². The minimum absolute atomic E-state index is 0.0300. The van der Waals surface area contributed by atoms with Crippen molar-refractivity contribution in [3.63, 3.8) is 0 Å². The molecule has 0 atom stereocenters. The van der Waals surface area contributed by atoms with E-state index in [1.807, 2.05) is 6.07 Å². The zero-order chi connectivity index (χ0) is 16.2. The average molecular weight is 317 g/mol. The number of nitrogens with one attached hydrogen (secondary N) is 1.